The first-order valence-electron chi connectivity index (χ1n) is 14.0. The van der Waals surface area contributed by atoms with Gasteiger partial charge in [0.25, 0.3) is 0 Å². The number of anilines is 4. The number of carbonyl (C=O) groups excluding carboxylic acids is 2. The molecule has 4 aromatic carbocycles. The summed E-state index contributed by atoms with van der Waals surface area (Å²) in [5, 5.41) is 24.5. The van der Waals surface area contributed by atoms with Crippen LogP contribution >= 0.6 is 69.0 Å². The van der Waals surface area contributed by atoms with E-state index in [2.05, 4.69) is 33.2 Å². The van der Waals surface area contributed by atoms with E-state index in [0.717, 1.165) is 31.1 Å². The third kappa shape index (κ3) is 13.2. The number of carboxylic acid groups (broad SMARTS) is 2. The predicted molar refractivity (Wildman–Crippen MR) is 209 cm³/mol. The van der Waals surface area contributed by atoms with Crippen LogP contribution in [0.5, 0.6) is 0 Å². The number of nitrogens with two attached hydrogens (primary N) is 2. The Hall–Kier alpha value is -3.75. The summed E-state index contributed by atoms with van der Waals surface area (Å²) >= 11 is 25.5. The monoisotopic (exact) mass is 862 g/mol. The number of hydrogen-bond donors (Lipinski definition) is 6. The zero-order chi connectivity index (χ0) is 37.7. The minimum atomic E-state index is -1.09. The van der Waals surface area contributed by atoms with E-state index in [-0.39, 0.29) is 33.0 Å². The van der Waals surface area contributed by atoms with Gasteiger partial charge in [0.1, 0.15) is 0 Å². The number of nitrogens with one attached hydrogen (secondary N) is 2. The quantitative estimate of drug-likeness (QED) is 0.0865. The number of nitrogen functional groups attached to an aromatic ring is 2. The molecule has 15 heteroatoms. The SMILES string of the molecule is CC(=O)Nc1ccc(C(=O)O)c(Cl)c1C.CC(=O)Nc1ccc(I)c(Cl)c1C.Cc1c(N)ccc(C(=O)O)c1Cl.Cc1c(N)cccc1Cl. The van der Waals surface area contributed by atoms with Crippen molar-refractivity contribution in [3.8, 4) is 0 Å². The average molecular weight is 864 g/mol. The van der Waals surface area contributed by atoms with E-state index in [1.54, 1.807) is 13.8 Å². The Morgan fingerprint density at radius 3 is 1.43 bits per heavy atom. The van der Waals surface area contributed by atoms with Crippen molar-refractivity contribution in [1.29, 1.82) is 0 Å². The lowest BCUT2D eigenvalue weighted by Gasteiger charge is -2.09. The standard InChI is InChI=1S/C10H10ClNO3.C9H9ClINO.C8H8ClNO2.C7H8ClN/c1-5-8(12-6(2)13)4-3-7(9(5)11)10(14)15;1-5-8(12-6(2)13)4-3-7(11)9(5)10;1-4-6(10)3-2-5(7(4)9)8(11)12;1-5-6(8)3-2-4-7(5)9/h3-4H,1-2H3,(H,12,13)(H,14,15);3-4H,1-2H3,(H,12,13);2-3H,10H2,1H3,(H,11,12);2-4H,9H2,1H3. The molecule has 49 heavy (non-hydrogen) atoms. The maximum atomic E-state index is 10.8. The molecule has 0 aliphatic heterocycles. The lowest BCUT2D eigenvalue weighted by molar-refractivity contribution is -0.115. The Balaban J connectivity index is 0.000000331. The van der Waals surface area contributed by atoms with Gasteiger partial charge in [-0.3, -0.25) is 9.59 Å². The first-order valence-corrected chi connectivity index (χ1v) is 16.6. The topological polar surface area (TPSA) is 185 Å². The highest BCUT2D eigenvalue weighted by atomic mass is 127. The number of aromatic carboxylic acids is 2. The molecule has 0 saturated heterocycles. The third-order valence-corrected chi connectivity index (χ3v) is 9.63. The van der Waals surface area contributed by atoms with Crippen LogP contribution in [-0.4, -0.2) is 34.0 Å². The fourth-order valence-electron chi connectivity index (χ4n) is 3.64. The fourth-order valence-corrected chi connectivity index (χ4v) is 5.07. The molecule has 0 atom stereocenters. The first-order chi connectivity index (χ1) is 22.7. The van der Waals surface area contributed by atoms with Crippen LogP contribution in [0.3, 0.4) is 0 Å². The lowest BCUT2D eigenvalue weighted by Crippen LogP contribution is -2.08. The molecule has 0 unspecified atom stereocenters. The van der Waals surface area contributed by atoms with E-state index in [0.29, 0.717) is 27.5 Å². The van der Waals surface area contributed by atoms with Crippen LogP contribution in [0.2, 0.25) is 20.1 Å². The zero-order valence-corrected chi connectivity index (χ0v) is 32.4. The Morgan fingerprint density at radius 2 is 1.00 bits per heavy atom. The van der Waals surface area contributed by atoms with Crippen LogP contribution in [0, 0.1) is 31.3 Å². The van der Waals surface area contributed by atoms with Crippen LogP contribution in [0.15, 0.2) is 54.6 Å². The summed E-state index contributed by atoms with van der Waals surface area (Å²) in [5.41, 5.74) is 16.7. The minimum absolute atomic E-state index is 0.0308. The summed E-state index contributed by atoms with van der Waals surface area (Å²) in [7, 11) is 0. The smallest absolute Gasteiger partial charge is 0.337 e. The molecule has 0 radical (unpaired) electrons. The van der Waals surface area contributed by atoms with E-state index in [1.807, 2.05) is 44.2 Å². The second-order valence-electron chi connectivity index (χ2n) is 10.2. The van der Waals surface area contributed by atoms with Crippen molar-refractivity contribution in [2.45, 2.75) is 41.5 Å². The van der Waals surface area contributed by atoms with Gasteiger partial charge in [-0.1, -0.05) is 52.5 Å². The molecule has 262 valence electrons. The Bertz CT molecular complexity index is 1850. The number of carbonyl (C=O) groups is 4. The van der Waals surface area contributed by atoms with Crippen LogP contribution in [0.1, 0.15) is 56.8 Å². The molecular formula is C34H35Cl4IN4O6. The van der Waals surface area contributed by atoms with Gasteiger partial charge in [-0.2, -0.15) is 0 Å². The summed E-state index contributed by atoms with van der Waals surface area (Å²) in [6.07, 6.45) is 0. The molecule has 8 N–H and O–H groups in total. The van der Waals surface area contributed by atoms with Gasteiger partial charge in [0.05, 0.1) is 26.2 Å². The molecule has 0 aliphatic carbocycles. The molecule has 0 aromatic heterocycles. The van der Waals surface area contributed by atoms with Gasteiger partial charge < -0.3 is 32.3 Å². The highest BCUT2D eigenvalue weighted by Crippen LogP contribution is 2.29. The predicted octanol–water partition coefficient (Wildman–Crippen LogP) is 9.68. The number of hydrogen-bond acceptors (Lipinski definition) is 6. The number of rotatable bonds is 4. The molecular weight excluding hydrogens is 829 g/mol. The van der Waals surface area contributed by atoms with Crippen LogP contribution < -0.4 is 22.1 Å². The molecule has 4 aromatic rings. The maximum Gasteiger partial charge on any atom is 0.337 e. The highest BCUT2D eigenvalue weighted by molar-refractivity contribution is 14.1. The van der Waals surface area contributed by atoms with Gasteiger partial charge in [-0.05, 0) is 121 Å². The van der Waals surface area contributed by atoms with Crippen molar-refractivity contribution >= 4 is 115 Å². The van der Waals surface area contributed by atoms with E-state index < -0.39 is 11.9 Å². The van der Waals surface area contributed by atoms with Crippen molar-refractivity contribution in [2.24, 2.45) is 0 Å². The van der Waals surface area contributed by atoms with Gasteiger partial charge in [0, 0.05) is 45.2 Å². The summed E-state index contributed by atoms with van der Waals surface area (Å²) in [4.78, 5) is 42.9. The maximum absolute atomic E-state index is 10.8. The molecule has 0 spiro atoms. The van der Waals surface area contributed by atoms with Gasteiger partial charge in [-0.25, -0.2) is 9.59 Å². The van der Waals surface area contributed by atoms with Crippen LogP contribution in [-0.2, 0) is 9.59 Å². The fraction of sp³-hybridized carbons (Fsp3) is 0.176. The van der Waals surface area contributed by atoms with Crippen LogP contribution in [0.25, 0.3) is 0 Å². The molecule has 0 heterocycles. The Labute approximate surface area is 318 Å². The normalized spacial score (nSPS) is 9.78. The number of carboxylic acids is 2. The van der Waals surface area contributed by atoms with Crippen molar-refractivity contribution in [2.75, 3.05) is 22.1 Å². The van der Waals surface area contributed by atoms with Gasteiger partial charge in [0.15, 0.2) is 0 Å². The second kappa shape index (κ2) is 20.1. The van der Waals surface area contributed by atoms with Crippen molar-refractivity contribution in [1.82, 2.24) is 0 Å². The van der Waals surface area contributed by atoms with E-state index >= 15 is 0 Å². The first kappa shape index (κ1) is 43.3. The van der Waals surface area contributed by atoms with Gasteiger partial charge in [0.2, 0.25) is 11.8 Å². The van der Waals surface area contributed by atoms with Crippen LogP contribution in [0.4, 0.5) is 22.7 Å². The van der Waals surface area contributed by atoms with E-state index in [1.165, 1.54) is 38.1 Å². The summed E-state index contributed by atoms with van der Waals surface area (Å²) in [6, 6.07) is 15.0. The van der Waals surface area contributed by atoms with Gasteiger partial charge in [-0.15, -0.1) is 0 Å². The molecule has 2 amide bonds. The van der Waals surface area contributed by atoms with Crippen molar-refractivity contribution < 1.29 is 29.4 Å². The summed E-state index contributed by atoms with van der Waals surface area (Å²) in [5.74, 6) is -2.43. The average Bonchev–Trinajstić information content (AvgIpc) is 3.01. The number of amides is 2. The summed E-state index contributed by atoms with van der Waals surface area (Å²) in [6.45, 7) is 9.97. The molecule has 0 bridgehead atoms. The Kier molecular flexibility index (Phi) is 17.7. The Morgan fingerprint density at radius 1 is 0.592 bits per heavy atom. The summed E-state index contributed by atoms with van der Waals surface area (Å²) < 4.78 is 0.992. The third-order valence-electron chi connectivity index (χ3n) is 6.55. The molecule has 0 fully saturated rings. The van der Waals surface area contributed by atoms with Crippen molar-refractivity contribution in [3.05, 3.63) is 112 Å². The number of halogens is 5. The van der Waals surface area contributed by atoms with Crippen molar-refractivity contribution in [3.63, 3.8) is 0 Å². The van der Waals surface area contributed by atoms with E-state index in [9.17, 15) is 19.2 Å². The molecule has 10 nitrogen and oxygen atoms in total. The van der Waals surface area contributed by atoms with Gasteiger partial charge >= 0.3 is 11.9 Å². The number of benzene rings is 4. The highest BCUT2D eigenvalue weighted by Gasteiger charge is 2.14. The molecule has 0 saturated carbocycles. The largest absolute Gasteiger partial charge is 0.478 e. The zero-order valence-electron chi connectivity index (χ0n) is 27.3. The van der Waals surface area contributed by atoms with E-state index in [4.69, 9.17) is 68.1 Å². The minimum Gasteiger partial charge on any atom is -0.478 e. The molecule has 4 rings (SSSR count). The second-order valence-corrected chi connectivity index (χ2v) is 12.9. The molecule has 0 aliphatic rings. The lowest BCUT2D eigenvalue weighted by atomic mass is 10.1.